The minimum absolute atomic E-state index is 0.0345. The molecule has 1 aromatic carbocycles. The number of benzene rings is 1. The van der Waals surface area contributed by atoms with Gasteiger partial charge in [-0.05, 0) is 12.1 Å². The van der Waals surface area contributed by atoms with Gasteiger partial charge in [-0.25, -0.2) is 4.39 Å². The largest absolute Gasteiger partial charge is 0.442 e. The molecule has 2 rings (SSSR count). The number of rotatable bonds is 1. The molecular weight excluding hydrogens is 196 g/mol. The second-order valence-corrected chi connectivity index (χ2v) is 2.66. The summed E-state index contributed by atoms with van der Waals surface area (Å²) in [7, 11) is 0. The van der Waals surface area contributed by atoms with Gasteiger partial charge in [-0.3, -0.25) is 4.79 Å². The summed E-state index contributed by atoms with van der Waals surface area (Å²) >= 11 is 0. The first-order valence-electron chi connectivity index (χ1n) is 3.70. The molecule has 0 aromatic heterocycles. The van der Waals surface area contributed by atoms with Gasteiger partial charge in [0.1, 0.15) is 0 Å². The number of primary amides is 1. The minimum Gasteiger partial charge on any atom is -0.442 e. The highest BCUT2D eigenvalue weighted by Crippen LogP contribution is 2.37. The lowest BCUT2D eigenvalue weighted by atomic mass is 10.3. The van der Waals surface area contributed by atoms with Crippen LogP contribution in [0.25, 0.3) is 0 Å². The van der Waals surface area contributed by atoms with Crippen LogP contribution < -0.4 is 15.2 Å². The summed E-state index contributed by atoms with van der Waals surface area (Å²) in [4.78, 5) is 10.6. The number of halogens is 2. The van der Waals surface area contributed by atoms with E-state index >= 15 is 0 Å². The highest BCUT2D eigenvalue weighted by atomic mass is 19.2. The Balaban J connectivity index is 2.40. The van der Waals surface area contributed by atoms with Crippen molar-refractivity contribution >= 4 is 5.91 Å². The van der Waals surface area contributed by atoms with E-state index in [0.717, 1.165) is 12.1 Å². The third kappa shape index (κ3) is 1.15. The van der Waals surface area contributed by atoms with Crippen LogP contribution in [0.4, 0.5) is 8.78 Å². The summed E-state index contributed by atoms with van der Waals surface area (Å²) < 4.78 is 35.2. The average molecular weight is 201 g/mol. The van der Waals surface area contributed by atoms with Crippen LogP contribution in [0.5, 0.6) is 11.5 Å². The Morgan fingerprint density at radius 3 is 2.71 bits per heavy atom. The normalized spacial score (nSPS) is 18.3. The molecule has 0 fully saturated rings. The predicted molar refractivity (Wildman–Crippen MR) is 40.6 cm³/mol. The van der Waals surface area contributed by atoms with E-state index in [4.69, 9.17) is 10.5 Å². The zero-order chi connectivity index (χ0) is 10.3. The number of hydrogen-bond acceptors (Lipinski definition) is 3. The maximum Gasteiger partial charge on any atom is 0.321 e. The lowest BCUT2D eigenvalue weighted by Crippen LogP contribution is -2.35. The van der Waals surface area contributed by atoms with Crippen LogP contribution in [0, 0.1) is 11.6 Å². The lowest BCUT2D eigenvalue weighted by Gasteiger charge is -2.03. The molecule has 74 valence electrons. The molecule has 0 bridgehead atoms. The van der Waals surface area contributed by atoms with Crippen LogP contribution in [-0.4, -0.2) is 12.2 Å². The van der Waals surface area contributed by atoms with Gasteiger partial charge in [0.25, 0.3) is 5.91 Å². The Morgan fingerprint density at radius 1 is 1.36 bits per heavy atom. The Bertz CT molecular complexity index is 408. The third-order valence-electron chi connectivity index (χ3n) is 1.71. The van der Waals surface area contributed by atoms with Gasteiger partial charge in [0.05, 0.1) is 0 Å². The Hall–Kier alpha value is -1.85. The van der Waals surface area contributed by atoms with E-state index in [1.54, 1.807) is 0 Å². The van der Waals surface area contributed by atoms with Crippen molar-refractivity contribution in [3.63, 3.8) is 0 Å². The van der Waals surface area contributed by atoms with Crippen molar-refractivity contribution in [3.05, 3.63) is 23.8 Å². The van der Waals surface area contributed by atoms with E-state index in [1.807, 2.05) is 0 Å². The van der Waals surface area contributed by atoms with Gasteiger partial charge in [-0.2, -0.15) is 4.39 Å². The Morgan fingerprint density at radius 2 is 2.07 bits per heavy atom. The molecule has 1 aliphatic rings. The van der Waals surface area contributed by atoms with Crippen molar-refractivity contribution in [2.75, 3.05) is 0 Å². The topological polar surface area (TPSA) is 61.6 Å². The van der Waals surface area contributed by atoms with Crippen molar-refractivity contribution in [1.29, 1.82) is 0 Å². The van der Waals surface area contributed by atoms with E-state index in [2.05, 4.69) is 4.74 Å². The first kappa shape index (κ1) is 8.74. The van der Waals surface area contributed by atoms with Crippen LogP contribution in [0.1, 0.15) is 0 Å². The Labute approximate surface area is 77.2 Å². The first-order chi connectivity index (χ1) is 6.59. The zero-order valence-corrected chi connectivity index (χ0v) is 6.79. The minimum atomic E-state index is -1.39. The van der Waals surface area contributed by atoms with Crippen molar-refractivity contribution in [3.8, 4) is 11.5 Å². The van der Waals surface area contributed by atoms with Crippen molar-refractivity contribution in [1.82, 2.24) is 0 Å². The van der Waals surface area contributed by atoms with Gasteiger partial charge < -0.3 is 15.2 Å². The number of amides is 1. The molecular formula is C8H5F2NO3. The van der Waals surface area contributed by atoms with Gasteiger partial charge in [-0.15, -0.1) is 0 Å². The predicted octanol–water partition coefficient (Wildman–Crippen LogP) is 0.547. The van der Waals surface area contributed by atoms with Gasteiger partial charge >= 0.3 is 6.29 Å². The molecule has 0 radical (unpaired) electrons. The first-order valence-corrected chi connectivity index (χ1v) is 3.70. The van der Waals surface area contributed by atoms with Gasteiger partial charge in [0.2, 0.25) is 11.6 Å². The molecule has 6 heteroatoms. The lowest BCUT2D eigenvalue weighted by molar-refractivity contribution is -0.133. The molecule has 0 saturated carbocycles. The second kappa shape index (κ2) is 2.83. The van der Waals surface area contributed by atoms with Crippen molar-refractivity contribution in [2.24, 2.45) is 5.73 Å². The van der Waals surface area contributed by atoms with Crippen LogP contribution in [0.3, 0.4) is 0 Å². The molecule has 0 aliphatic carbocycles. The highest BCUT2D eigenvalue weighted by Gasteiger charge is 2.32. The summed E-state index contributed by atoms with van der Waals surface area (Å²) in [6.07, 6.45) is -1.39. The highest BCUT2D eigenvalue weighted by molar-refractivity contribution is 5.79. The van der Waals surface area contributed by atoms with E-state index in [-0.39, 0.29) is 5.75 Å². The molecule has 1 amide bonds. The number of carbonyl (C=O) groups is 1. The number of ether oxygens (including phenoxy) is 2. The third-order valence-corrected chi connectivity index (χ3v) is 1.71. The number of nitrogens with two attached hydrogens (primary N) is 1. The second-order valence-electron chi connectivity index (χ2n) is 2.66. The maximum absolute atomic E-state index is 13.0. The molecule has 1 aliphatic heterocycles. The number of carbonyl (C=O) groups excluding carboxylic acids is 1. The van der Waals surface area contributed by atoms with Gasteiger partial charge in [0.15, 0.2) is 11.6 Å². The van der Waals surface area contributed by atoms with Crippen LogP contribution in [0.2, 0.25) is 0 Å². The summed E-state index contributed by atoms with van der Waals surface area (Å²) in [6, 6.07) is 2.04. The standard InChI is InChI=1S/C8H5F2NO3/c9-3-1-2-4-6(5(3)10)14-8(13-4)7(11)12/h1-2,8H,(H2,11,12). The van der Waals surface area contributed by atoms with Gasteiger partial charge in [0, 0.05) is 0 Å². The monoisotopic (exact) mass is 201 g/mol. The average Bonchev–Trinajstić information content (AvgIpc) is 2.56. The molecule has 1 aromatic rings. The summed E-state index contributed by atoms with van der Waals surface area (Å²) in [6.45, 7) is 0. The molecule has 2 N–H and O–H groups in total. The smallest absolute Gasteiger partial charge is 0.321 e. The SMILES string of the molecule is NC(=O)C1Oc2ccc(F)c(F)c2O1. The van der Waals surface area contributed by atoms with E-state index in [9.17, 15) is 13.6 Å². The fourth-order valence-electron chi connectivity index (χ4n) is 1.08. The molecule has 1 atom stereocenters. The van der Waals surface area contributed by atoms with Crippen LogP contribution >= 0.6 is 0 Å². The van der Waals surface area contributed by atoms with Crippen molar-refractivity contribution < 1.29 is 23.0 Å². The summed E-state index contributed by atoms with van der Waals surface area (Å²) in [5.41, 5.74) is 4.86. The fraction of sp³-hybridized carbons (Fsp3) is 0.125. The summed E-state index contributed by atoms with van der Waals surface area (Å²) in [5, 5.41) is 0. The molecule has 0 saturated heterocycles. The van der Waals surface area contributed by atoms with Gasteiger partial charge in [-0.1, -0.05) is 0 Å². The van der Waals surface area contributed by atoms with E-state index in [1.165, 1.54) is 0 Å². The molecule has 4 nitrogen and oxygen atoms in total. The number of hydrogen-bond donors (Lipinski definition) is 1. The van der Waals surface area contributed by atoms with Crippen LogP contribution in [-0.2, 0) is 4.79 Å². The van der Waals surface area contributed by atoms with Crippen LogP contribution in [0.15, 0.2) is 12.1 Å². The zero-order valence-electron chi connectivity index (χ0n) is 6.79. The quantitative estimate of drug-likeness (QED) is 0.721. The van der Waals surface area contributed by atoms with Crippen molar-refractivity contribution in [2.45, 2.75) is 6.29 Å². The molecule has 1 heterocycles. The molecule has 1 unspecified atom stereocenters. The van der Waals surface area contributed by atoms with E-state index < -0.39 is 29.6 Å². The maximum atomic E-state index is 13.0. The number of fused-ring (bicyclic) bond motifs is 1. The molecule has 14 heavy (non-hydrogen) atoms. The Kier molecular flexibility index (Phi) is 1.77. The molecule has 0 spiro atoms. The summed E-state index contributed by atoms with van der Waals surface area (Å²) in [5.74, 6) is -3.62. The van der Waals surface area contributed by atoms with E-state index in [0.29, 0.717) is 0 Å². The fourth-order valence-corrected chi connectivity index (χ4v) is 1.08.